The minimum atomic E-state index is -0.191. The first-order chi connectivity index (χ1) is 10.1. The molecule has 7 N–H and O–H groups in total. The fourth-order valence-corrected chi connectivity index (χ4v) is 2.57. The van der Waals surface area contributed by atoms with E-state index in [1.807, 2.05) is 31.3 Å². The zero-order chi connectivity index (χ0) is 15.2. The van der Waals surface area contributed by atoms with E-state index in [9.17, 15) is 0 Å². The summed E-state index contributed by atoms with van der Waals surface area (Å²) in [7, 11) is 4.08. The monoisotopic (exact) mass is 290 g/mol. The van der Waals surface area contributed by atoms with Crippen molar-refractivity contribution in [3.8, 4) is 0 Å². The lowest BCUT2D eigenvalue weighted by Crippen LogP contribution is -2.42. The highest BCUT2D eigenvalue weighted by molar-refractivity contribution is 5.54. The van der Waals surface area contributed by atoms with Gasteiger partial charge in [-0.25, -0.2) is 0 Å². The molecular formula is C15H26N6. The first-order valence-corrected chi connectivity index (χ1v) is 7.28. The van der Waals surface area contributed by atoms with E-state index < -0.39 is 0 Å². The van der Waals surface area contributed by atoms with E-state index in [0.29, 0.717) is 6.67 Å². The zero-order valence-electron chi connectivity index (χ0n) is 12.8. The van der Waals surface area contributed by atoms with Gasteiger partial charge in [0.05, 0.1) is 12.8 Å². The standard InChI is InChI=1S/C15H26N6/c1-18-14-7-8-21(2)9-13(14)15(17)20-12-5-3-11(4-6-12)19-10-16/h3-6,15,18-20H,7-10,16-17H2,1-2H3. The summed E-state index contributed by atoms with van der Waals surface area (Å²) in [6.45, 7) is 2.38. The Labute approximate surface area is 126 Å². The number of nitrogens with zero attached hydrogens (tertiary/aromatic N) is 1. The molecule has 1 atom stereocenters. The van der Waals surface area contributed by atoms with Gasteiger partial charge in [-0.3, -0.25) is 0 Å². The summed E-state index contributed by atoms with van der Waals surface area (Å²) in [6.07, 6.45) is 0.820. The molecule has 0 radical (unpaired) electrons. The maximum Gasteiger partial charge on any atom is 0.0998 e. The van der Waals surface area contributed by atoms with Gasteiger partial charge in [-0.2, -0.15) is 0 Å². The van der Waals surface area contributed by atoms with Gasteiger partial charge in [-0.15, -0.1) is 0 Å². The van der Waals surface area contributed by atoms with Crippen LogP contribution < -0.4 is 27.4 Å². The molecule has 1 aliphatic heterocycles. The van der Waals surface area contributed by atoms with E-state index in [-0.39, 0.29) is 6.17 Å². The Bertz CT molecular complexity index is 481. The van der Waals surface area contributed by atoms with Gasteiger partial charge in [0.25, 0.3) is 0 Å². The summed E-state index contributed by atoms with van der Waals surface area (Å²) in [5.74, 6) is 0. The van der Waals surface area contributed by atoms with Crippen LogP contribution in [0.1, 0.15) is 6.42 Å². The molecule has 1 aromatic rings. The van der Waals surface area contributed by atoms with Gasteiger partial charge >= 0.3 is 0 Å². The topological polar surface area (TPSA) is 91.4 Å². The van der Waals surface area contributed by atoms with Crippen molar-refractivity contribution in [2.24, 2.45) is 11.5 Å². The maximum absolute atomic E-state index is 6.33. The number of nitrogens with one attached hydrogen (secondary N) is 3. The van der Waals surface area contributed by atoms with Gasteiger partial charge < -0.3 is 32.3 Å². The van der Waals surface area contributed by atoms with Crippen LogP contribution >= 0.6 is 0 Å². The molecule has 0 fully saturated rings. The first-order valence-electron chi connectivity index (χ1n) is 7.28. The van der Waals surface area contributed by atoms with Crippen LogP contribution in [0.5, 0.6) is 0 Å². The van der Waals surface area contributed by atoms with Gasteiger partial charge in [-0.05, 0) is 43.3 Å². The van der Waals surface area contributed by atoms with E-state index in [4.69, 9.17) is 11.5 Å². The fourth-order valence-electron chi connectivity index (χ4n) is 2.57. The molecule has 1 heterocycles. The van der Waals surface area contributed by atoms with E-state index in [2.05, 4.69) is 27.9 Å². The Morgan fingerprint density at radius 2 is 1.90 bits per heavy atom. The molecule has 1 unspecified atom stereocenters. The number of hydrogen-bond donors (Lipinski definition) is 5. The van der Waals surface area contributed by atoms with Crippen LogP contribution in [-0.2, 0) is 0 Å². The van der Waals surface area contributed by atoms with Crippen molar-refractivity contribution in [1.29, 1.82) is 0 Å². The Morgan fingerprint density at radius 1 is 1.24 bits per heavy atom. The first kappa shape index (κ1) is 15.6. The second kappa shape index (κ2) is 7.31. The number of hydrogen-bond acceptors (Lipinski definition) is 6. The van der Waals surface area contributed by atoms with Gasteiger partial charge in [0.2, 0.25) is 0 Å². The minimum absolute atomic E-state index is 0.191. The van der Waals surface area contributed by atoms with Gasteiger partial charge in [0.15, 0.2) is 0 Å². The largest absolute Gasteiger partial charge is 0.391 e. The summed E-state index contributed by atoms with van der Waals surface area (Å²) in [5, 5.41) is 9.70. The summed E-state index contributed by atoms with van der Waals surface area (Å²) in [4.78, 5) is 2.28. The van der Waals surface area contributed by atoms with Crippen LogP contribution in [-0.4, -0.2) is 44.9 Å². The summed E-state index contributed by atoms with van der Waals surface area (Å²) in [6, 6.07) is 7.98. The van der Waals surface area contributed by atoms with Crippen molar-refractivity contribution >= 4 is 11.4 Å². The Balaban J connectivity index is 2.05. The number of benzene rings is 1. The lowest BCUT2D eigenvalue weighted by Gasteiger charge is -2.31. The highest BCUT2D eigenvalue weighted by atomic mass is 15.1. The van der Waals surface area contributed by atoms with Crippen molar-refractivity contribution in [2.75, 3.05) is 44.5 Å². The minimum Gasteiger partial charge on any atom is -0.391 e. The molecule has 0 bridgehead atoms. The van der Waals surface area contributed by atoms with Crippen molar-refractivity contribution in [3.63, 3.8) is 0 Å². The lowest BCUT2D eigenvalue weighted by atomic mass is 10.0. The molecule has 6 heteroatoms. The predicted molar refractivity (Wildman–Crippen MR) is 88.9 cm³/mol. The third-order valence-corrected chi connectivity index (χ3v) is 3.76. The molecular weight excluding hydrogens is 264 g/mol. The van der Waals surface area contributed by atoms with Crippen LogP contribution in [0.15, 0.2) is 35.5 Å². The molecule has 0 aromatic heterocycles. The summed E-state index contributed by atoms with van der Waals surface area (Å²) in [5.41, 5.74) is 16.3. The molecule has 0 amide bonds. The smallest absolute Gasteiger partial charge is 0.0998 e. The van der Waals surface area contributed by atoms with E-state index in [0.717, 1.165) is 30.9 Å². The van der Waals surface area contributed by atoms with E-state index >= 15 is 0 Å². The average molecular weight is 290 g/mol. The second-order valence-corrected chi connectivity index (χ2v) is 5.32. The SMILES string of the molecule is CNC1=C(C(N)Nc2ccc(NCN)cc2)CN(C)CC1. The second-order valence-electron chi connectivity index (χ2n) is 5.32. The van der Waals surface area contributed by atoms with Gasteiger partial charge in [-0.1, -0.05) is 0 Å². The quantitative estimate of drug-likeness (QED) is 0.491. The molecule has 6 nitrogen and oxygen atoms in total. The number of nitrogens with two attached hydrogens (primary N) is 2. The van der Waals surface area contributed by atoms with Gasteiger partial charge in [0.1, 0.15) is 0 Å². The molecule has 0 spiro atoms. The Kier molecular flexibility index (Phi) is 5.44. The average Bonchev–Trinajstić information content (AvgIpc) is 2.49. The molecule has 1 aliphatic rings. The van der Waals surface area contributed by atoms with Crippen LogP contribution in [0.2, 0.25) is 0 Å². The fraction of sp³-hybridized carbons (Fsp3) is 0.467. The van der Waals surface area contributed by atoms with Crippen LogP contribution in [0.25, 0.3) is 0 Å². The Hall–Kier alpha value is -1.76. The normalized spacial score (nSPS) is 17.5. The van der Waals surface area contributed by atoms with Crippen molar-refractivity contribution in [3.05, 3.63) is 35.5 Å². The van der Waals surface area contributed by atoms with Crippen LogP contribution in [0.3, 0.4) is 0 Å². The molecule has 116 valence electrons. The highest BCUT2D eigenvalue weighted by Crippen LogP contribution is 2.19. The molecule has 0 saturated carbocycles. The maximum atomic E-state index is 6.33. The van der Waals surface area contributed by atoms with Gasteiger partial charge in [0, 0.05) is 37.2 Å². The lowest BCUT2D eigenvalue weighted by molar-refractivity contribution is 0.335. The summed E-state index contributed by atoms with van der Waals surface area (Å²) < 4.78 is 0. The van der Waals surface area contributed by atoms with Crippen LogP contribution in [0.4, 0.5) is 11.4 Å². The molecule has 21 heavy (non-hydrogen) atoms. The third-order valence-electron chi connectivity index (χ3n) is 3.76. The Morgan fingerprint density at radius 3 is 2.52 bits per heavy atom. The van der Waals surface area contributed by atoms with Crippen LogP contribution in [0, 0.1) is 0 Å². The van der Waals surface area contributed by atoms with Crippen molar-refractivity contribution in [1.82, 2.24) is 10.2 Å². The van der Waals surface area contributed by atoms with Crippen molar-refractivity contribution < 1.29 is 0 Å². The molecule has 2 rings (SSSR count). The predicted octanol–water partition coefficient (Wildman–Crippen LogP) is 0.520. The zero-order valence-corrected chi connectivity index (χ0v) is 12.8. The van der Waals surface area contributed by atoms with Crippen molar-refractivity contribution in [2.45, 2.75) is 12.6 Å². The number of rotatable bonds is 6. The van der Waals surface area contributed by atoms with E-state index in [1.165, 1.54) is 11.3 Å². The molecule has 1 aromatic carbocycles. The molecule has 0 aliphatic carbocycles. The van der Waals surface area contributed by atoms with E-state index in [1.54, 1.807) is 0 Å². The highest BCUT2D eigenvalue weighted by Gasteiger charge is 2.20. The molecule has 0 saturated heterocycles. The number of likely N-dealkylation sites (N-methyl/N-ethyl adjacent to an activating group) is 1. The summed E-state index contributed by atoms with van der Waals surface area (Å²) >= 11 is 0. The third kappa shape index (κ3) is 4.10. The number of anilines is 2.